The van der Waals surface area contributed by atoms with Gasteiger partial charge in [0.2, 0.25) is 0 Å². The Labute approximate surface area is 199 Å². The molecule has 9 heteroatoms. The summed E-state index contributed by atoms with van der Waals surface area (Å²) in [6.07, 6.45) is 0.0130. The van der Waals surface area contributed by atoms with E-state index in [0.29, 0.717) is 22.4 Å². The maximum absolute atomic E-state index is 13.2. The van der Waals surface area contributed by atoms with Gasteiger partial charge in [-0.15, -0.1) is 0 Å². The Bertz CT molecular complexity index is 1550. The Kier molecular flexibility index (Phi) is 6.50. The Morgan fingerprint density at radius 1 is 0.914 bits per heavy atom. The van der Waals surface area contributed by atoms with E-state index in [4.69, 9.17) is 14.6 Å². The molecular weight excluding hydrogens is 452 g/mol. The third kappa shape index (κ3) is 4.98. The van der Waals surface area contributed by atoms with Crippen LogP contribution in [0.25, 0.3) is 10.9 Å². The summed E-state index contributed by atoms with van der Waals surface area (Å²) in [6.45, 7) is -0.0405. The van der Waals surface area contributed by atoms with E-state index in [1.54, 1.807) is 49.5 Å². The van der Waals surface area contributed by atoms with Crippen LogP contribution >= 0.6 is 0 Å². The Morgan fingerprint density at radius 3 is 2.34 bits per heavy atom. The van der Waals surface area contributed by atoms with Gasteiger partial charge in [0, 0.05) is 7.05 Å². The molecule has 4 aromatic rings. The van der Waals surface area contributed by atoms with Crippen LogP contribution < -0.4 is 20.7 Å². The van der Waals surface area contributed by atoms with Crippen molar-refractivity contribution in [2.45, 2.75) is 13.0 Å². The van der Waals surface area contributed by atoms with Crippen molar-refractivity contribution >= 4 is 22.8 Å². The molecule has 178 valence electrons. The molecule has 0 fully saturated rings. The average molecular weight is 474 g/mol. The summed E-state index contributed by atoms with van der Waals surface area (Å²) in [7, 11) is 3.08. The van der Waals surface area contributed by atoms with Crippen molar-refractivity contribution in [3.05, 3.63) is 104 Å². The normalized spacial score (nSPS) is 10.8. The van der Waals surface area contributed by atoms with Crippen LogP contribution in [-0.2, 0) is 24.8 Å². The highest BCUT2D eigenvalue weighted by Crippen LogP contribution is 2.19. The number of fused-ring (bicyclic) bond motifs is 1. The lowest BCUT2D eigenvalue weighted by atomic mass is 10.1. The van der Waals surface area contributed by atoms with E-state index < -0.39 is 23.2 Å². The monoisotopic (exact) mass is 474 g/mol. The standard InChI is InChI=1S/C26H22N2O7/c1-27-22-11-10-20(35-23(29)13-17-4-3-5-19(12-17)34-2)14-21(22)24(30)28(26(27)33)15-16-6-8-18(9-7-16)25(31)32/h3-12,14H,13,15H2,1-2H3,(H,31,32). The predicted octanol–water partition coefficient (Wildman–Crippen LogP) is 2.60. The van der Waals surface area contributed by atoms with Gasteiger partial charge < -0.3 is 14.6 Å². The fraction of sp³-hybridized carbons (Fsp3) is 0.154. The number of aryl methyl sites for hydroxylation is 1. The van der Waals surface area contributed by atoms with Crippen LogP contribution in [0.3, 0.4) is 0 Å². The lowest BCUT2D eigenvalue weighted by molar-refractivity contribution is -0.133. The molecule has 0 spiro atoms. The first-order valence-electron chi connectivity index (χ1n) is 10.7. The minimum Gasteiger partial charge on any atom is -0.497 e. The van der Waals surface area contributed by atoms with E-state index in [1.807, 2.05) is 0 Å². The second-order valence-corrected chi connectivity index (χ2v) is 7.92. The number of methoxy groups -OCH3 is 1. The summed E-state index contributed by atoms with van der Waals surface area (Å²) in [6, 6.07) is 17.5. The van der Waals surface area contributed by atoms with Gasteiger partial charge in [-0.1, -0.05) is 24.3 Å². The zero-order valence-corrected chi connectivity index (χ0v) is 19.1. The van der Waals surface area contributed by atoms with E-state index in [-0.39, 0.29) is 29.7 Å². The zero-order valence-electron chi connectivity index (χ0n) is 19.1. The molecule has 0 radical (unpaired) electrons. The first-order chi connectivity index (χ1) is 16.8. The van der Waals surface area contributed by atoms with Gasteiger partial charge in [-0.05, 0) is 53.6 Å². The van der Waals surface area contributed by atoms with Gasteiger partial charge in [0.25, 0.3) is 5.56 Å². The number of ether oxygens (including phenoxy) is 2. The second kappa shape index (κ2) is 9.68. The summed E-state index contributed by atoms with van der Waals surface area (Å²) < 4.78 is 13.0. The molecule has 0 saturated carbocycles. The maximum Gasteiger partial charge on any atom is 0.335 e. The molecule has 9 nitrogen and oxygen atoms in total. The molecule has 35 heavy (non-hydrogen) atoms. The molecule has 1 heterocycles. The first-order valence-corrected chi connectivity index (χ1v) is 10.7. The molecule has 1 aromatic heterocycles. The van der Waals surface area contributed by atoms with Crippen molar-refractivity contribution in [2.24, 2.45) is 7.05 Å². The van der Waals surface area contributed by atoms with Crippen LogP contribution in [0.2, 0.25) is 0 Å². The minimum absolute atomic E-state index is 0.0130. The lowest BCUT2D eigenvalue weighted by Crippen LogP contribution is -2.39. The van der Waals surface area contributed by atoms with Crippen molar-refractivity contribution in [3.8, 4) is 11.5 Å². The van der Waals surface area contributed by atoms with Gasteiger partial charge in [-0.2, -0.15) is 0 Å². The number of aromatic carboxylic acids is 1. The van der Waals surface area contributed by atoms with Crippen molar-refractivity contribution < 1.29 is 24.2 Å². The van der Waals surface area contributed by atoms with Crippen LogP contribution in [0.4, 0.5) is 0 Å². The topological polar surface area (TPSA) is 117 Å². The summed E-state index contributed by atoms with van der Waals surface area (Å²) in [5.74, 6) is -0.774. The molecule has 0 aliphatic carbocycles. The number of hydrogen-bond acceptors (Lipinski definition) is 6. The molecule has 4 rings (SSSR count). The van der Waals surface area contributed by atoms with Crippen molar-refractivity contribution in [1.29, 1.82) is 0 Å². The number of aromatic nitrogens is 2. The third-order valence-electron chi connectivity index (χ3n) is 5.58. The van der Waals surface area contributed by atoms with Crippen LogP contribution in [0.1, 0.15) is 21.5 Å². The maximum atomic E-state index is 13.2. The highest BCUT2D eigenvalue weighted by atomic mass is 16.5. The van der Waals surface area contributed by atoms with Crippen LogP contribution in [0.15, 0.2) is 76.3 Å². The lowest BCUT2D eigenvalue weighted by Gasteiger charge is -2.12. The molecule has 0 aliphatic heterocycles. The summed E-state index contributed by atoms with van der Waals surface area (Å²) in [5.41, 5.74) is 0.741. The van der Waals surface area contributed by atoms with Gasteiger partial charge >= 0.3 is 17.6 Å². The van der Waals surface area contributed by atoms with E-state index in [2.05, 4.69) is 0 Å². The highest BCUT2D eigenvalue weighted by Gasteiger charge is 2.14. The Morgan fingerprint density at radius 2 is 1.66 bits per heavy atom. The molecule has 0 saturated heterocycles. The van der Waals surface area contributed by atoms with E-state index >= 15 is 0 Å². The van der Waals surface area contributed by atoms with Gasteiger partial charge in [0.15, 0.2) is 0 Å². The number of benzene rings is 3. The zero-order chi connectivity index (χ0) is 25.1. The van der Waals surface area contributed by atoms with E-state index in [9.17, 15) is 19.2 Å². The number of nitrogens with zero attached hydrogens (tertiary/aromatic N) is 2. The van der Waals surface area contributed by atoms with Crippen LogP contribution in [0.5, 0.6) is 11.5 Å². The average Bonchev–Trinajstić information content (AvgIpc) is 2.85. The molecule has 1 N–H and O–H groups in total. The van der Waals surface area contributed by atoms with Gasteiger partial charge in [-0.25, -0.2) is 9.59 Å². The molecule has 0 unspecified atom stereocenters. The molecule has 0 amide bonds. The van der Waals surface area contributed by atoms with Crippen LogP contribution in [0, 0.1) is 0 Å². The van der Waals surface area contributed by atoms with Gasteiger partial charge in [0.1, 0.15) is 11.5 Å². The van der Waals surface area contributed by atoms with Gasteiger partial charge in [-0.3, -0.25) is 18.7 Å². The number of esters is 1. The fourth-order valence-corrected chi connectivity index (χ4v) is 3.75. The molecular formula is C26H22N2O7. The molecule has 0 aliphatic rings. The van der Waals surface area contributed by atoms with E-state index in [0.717, 1.165) is 4.57 Å². The van der Waals surface area contributed by atoms with Crippen molar-refractivity contribution in [2.75, 3.05) is 7.11 Å². The Hall–Kier alpha value is -4.66. The van der Waals surface area contributed by atoms with Crippen molar-refractivity contribution in [3.63, 3.8) is 0 Å². The fourth-order valence-electron chi connectivity index (χ4n) is 3.75. The summed E-state index contributed by atoms with van der Waals surface area (Å²) >= 11 is 0. The smallest absolute Gasteiger partial charge is 0.335 e. The third-order valence-corrected chi connectivity index (χ3v) is 5.58. The SMILES string of the molecule is COc1cccc(CC(=O)Oc2ccc3c(c2)c(=O)n(Cc2ccc(C(=O)O)cc2)c(=O)n3C)c1. The molecule has 3 aromatic carbocycles. The number of carbonyl (C=O) groups is 2. The molecule has 0 atom stereocenters. The quantitative estimate of drug-likeness (QED) is 0.323. The number of carboxylic acids is 1. The number of hydrogen-bond donors (Lipinski definition) is 1. The number of carbonyl (C=O) groups excluding carboxylic acids is 1. The highest BCUT2D eigenvalue weighted by molar-refractivity contribution is 5.87. The number of rotatable bonds is 7. The first kappa shape index (κ1) is 23.5. The predicted molar refractivity (Wildman–Crippen MR) is 128 cm³/mol. The number of carboxylic acid groups (broad SMARTS) is 1. The summed E-state index contributed by atoms with van der Waals surface area (Å²) in [5, 5.41) is 9.26. The van der Waals surface area contributed by atoms with E-state index in [1.165, 1.54) is 35.9 Å². The minimum atomic E-state index is -1.07. The second-order valence-electron chi connectivity index (χ2n) is 7.92. The molecule has 0 bridgehead atoms. The summed E-state index contributed by atoms with van der Waals surface area (Å²) in [4.78, 5) is 49.5. The van der Waals surface area contributed by atoms with Gasteiger partial charge in [0.05, 0.1) is 36.5 Å². The largest absolute Gasteiger partial charge is 0.497 e. The van der Waals surface area contributed by atoms with Crippen molar-refractivity contribution in [1.82, 2.24) is 9.13 Å². The van der Waals surface area contributed by atoms with Crippen LogP contribution in [-0.4, -0.2) is 33.3 Å². The Balaban J connectivity index is 1.63.